The molecule has 0 saturated carbocycles. The summed E-state index contributed by atoms with van der Waals surface area (Å²) >= 11 is 1.01. The molecular formula is C22H26N2O6S. The van der Waals surface area contributed by atoms with E-state index in [4.69, 9.17) is 14.2 Å². The van der Waals surface area contributed by atoms with Crippen LogP contribution in [-0.4, -0.2) is 57.9 Å². The zero-order valence-corrected chi connectivity index (χ0v) is 18.7. The van der Waals surface area contributed by atoms with Crippen molar-refractivity contribution >= 4 is 39.9 Å². The van der Waals surface area contributed by atoms with Crippen LogP contribution < -0.4 is 10.2 Å². The van der Waals surface area contributed by atoms with E-state index in [-0.39, 0.29) is 47.7 Å². The zero-order valence-electron chi connectivity index (χ0n) is 17.9. The molecule has 1 aliphatic rings. The van der Waals surface area contributed by atoms with Crippen LogP contribution in [0.25, 0.3) is 0 Å². The molecular weight excluding hydrogens is 420 g/mol. The van der Waals surface area contributed by atoms with Crippen LogP contribution in [0, 0.1) is 6.92 Å². The standard InChI is InChI=1S/C22H26N2O6S/c1-4-29-21(26)18-14(2)19(22(27)30-12-11-28-3)31-20(18)23-17(25)13-24-10-9-15-7-5-6-8-16(15)24/h5-8H,4,9-13H2,1-3H3,(H,23,25). The first-order chi connectivity index (χ1) is 15.0. The number of esters is 2. The number of carbonyl (C=O) groups excluding carboxylic acids is 3. The van der Waals surface area contributed by atoms with Gasteiger partial charge in [-0.2, -0.15) is 0 Å². The molecule has 1 N–H and O–H groups in total. The summed E-state index contributed by atoms with van der Waals surface area (Å²) in [5.41, 5.74) is 2.84. The molecule has 0 fully saturated rings. The monoisotopic (exact) mass is 446 g/mol. The van der Waals surface area contributed by atoms with Crippen LogP contribution in [0.3, 0.4) is 0 Å². The number of benzene rings is 1. The molecule has 2 aromatic rings. The maximum atomic E-state index is 12.8. The normalized spacial score (nSPS) is 12.4. The summed E-state index contributed by atoms with van der Waals surface area (Å²) in [6.07, 6.45) is 0.882. The maximum absolute atomic E-state index is 12.8. The lowest BCUT2D eigenvalue weighted by Crippen LogP contribution is -2.32. The van der Waals surface area contributed by atoms with Gasteiger partial charge in [0.1, 0.15) is 16.5 Å². The van der Waals surface area contributed by atoms with Gasteiger partial charge in [-0.3, -0.25) is 4.79 Å². The minimum absolute atomic E-state index is 0.0947. The number of nitrogens with zero attached hydrogens (tertiary/aromatic N) is 1. The van der Waals surface area contributed by atoms with E-state index in [1.807, 2.05) is 23.1 Å². The Hall–Kier alpha value is -2.91. The van der Waals surface area contributed by atoms with Crippen LogP contribution >= 0.6 is 11.3 Å². The van der Waals surface area contributed by atoms with Gasteiger partial charge in [0.05, 0.1) is 25.3 Å². The van der Waals surface area contributed by atoms with Crippen molar-refractivity contribution < 1.29 is 28.6 Å². The number of ether oxygens (including phenoxy) is 3. The van der Waals surface area contributed by atoms with Crippen molar-refractivity contribution in [1.82, 2.24) is 0 Å². The Bertz CT molecular complexity index is 971. The summed E-state index contributed by atoms with van der Waals surface area (Å²) in [7, 11) is 1.51. The number of carbonyl (C=O) groups is 3. The van der Waals surface area contributed by atoms with E-state index in [9.17, 15) is 14.4 Å². The van der Waals surface area contributed by atoms with Gasteiger partial charge in [-0.25, -0.2) is 9.59 Å². The number of methoxy groups -OCH3 is 1. The van der Waals surface area contributed by atoms with Crippen LogP contribution in [0.5, 0.6) is 0 Å². The lowest BCUT2D eigenvalue weighted by atomic mass is 10.1. The van der Waals surface area contributed by atoms with E-state index in [1.54, 1.807) is 13.8 Å². The third-order valence-corrected chi connectivity index (χ3v) is 6.09. The second-order valence-corrected chi connectivity index (χ2v) is 7.98. The summed E-state index contributed by atoms with van der Waals surface area (Å²) in [6.45, 7) is 4.77. The Morgan fingerprint density at radius 2 is 1.90 bits per heavy atom. The molecule has 31 heavy (non-hydrogen) atoms. The highest BCUT2D eigenvalue weighted by molar-refractivity contribution is 7.18. The third-order valence-electron chi connectivity index (χ3n) is 4.90. The Kier molecular flexibility index (Phi) is 7.64. The fraction of sp³-hybridized carbons (Fsp3) is 0.409. The molecule has 1 aliphatic heterocycles. The van der Waals surface area contributed by atoms with E-state index in [2.05, 4.69) is 11.4 Å². The number of rotatable bonds is 9. The number of amides is 1. The second kappa shape index (κ2) is 10.4. The third kappa shape index (κ3) is 5.23. The Balaban J connectivity index is 1.78. The molecule has 2 heterocycles. The quantitative estimate of drug-likeness (QED) is 0.467. The second-order valence-electron chi connectivity index (χ2n) is 6.96. The van der Waals surface area contributed by atoms with Gasteiger partial charge in [0.2, 0.25) is 5.91 Å². The van der Waals surface area contributed by atoms with Gasteiger partial charge in [0, 0.05) is 19.3 Å². The highest BCUT2D eigenvalue weighted by Gasteiger charge is 2.28. The number of fused-ring (bicyclic) bond motifs is 1. The largest absolute Gasteiger partial charge is 0.462 e. The maximum Gasteiger partial charge on any atom is 0.348 e. The molecule has 8 nitrogen and oxygen atoms in total. The van der Waals surface area contributed by atoms with E-state index >= 15 is 0 Å². The average Bonchev–Trinajstić information content (AvgIpc) is 3.29. The van der Waals surface area contributed by atoms with Crippen LogP contribution in [0.1, 0.15) is 38.1 Å². The van der Waals surface area contributed by atoms with Crippen LogP contribution in [0.15, 0.2) is 24.3 Å². The Labute approximate surface area is 185 Å². The number of thiophene rings is 1. The summed E-state index contributed by atoms with van der Waals surface area (Å²) < 4.78 is 15.2. The molecule has 1 amide bonds. The van der Waals surface area contributed by atoms with E-state index in [1.165, 1.54) is 12.7 Å². The van der Waals surface area contributed by atoms with E-state index < -0.39 is 11.9 Å². The fourth-order valence-corrected chi connectivity index (χ4v) is 4.54. The molecule has 1 aromatic carbocycles. The van der Waals surface area contributed by atoms with Gasteiger partial charge >= 0.3 is 11.9 Å². The van der Waals surface area contributed by atoms with Gasteiger partial charge in [-0.05, 0) is 37.5 Å². The molecule has 9 heteroatoms. The van der Waals surface area contributed by atoms with Gasteiger partial charge in [-0.1, -0.05) is 18.2 Å². The first kappa shape index (κ1) is 22.8. The van der Waals surface area contributed by atoms with Gasteiger partial charge in [0.25, 0.3) is 0 Å². The Morgan fingerprint density at radius 1 is 1.13 bits per heavy atom. The molecule has 0 aliphatic carbocycles. The predicted molar refractivity (Wildman–Crippen MR) is 118 cm³/mol. The summed E-state index contributed by atoms with van der Waals surface area (Å²) in [5, 5.41) is 3.08. The van der Waals surface area contributed by atoms with Crippen molar-refractivity contribution in [2.75, 3.05) is 50.2 Å². The molecule has 166 valence electrons. The van der Waals surface area contributed by atoms with Crippen molar-refractivity contribution in [2.24, 2.45) is 0 Å². The van der Waals surface area contributed by atoms with Crippen LogP contribution in [0.2, 0.25) is 0 Å². The summed E-state index contributed by atoms with van der Waals surface area (Å²) in [6, 6.07) is 7.97. The minimum atomic E-state index is -0.589. The van der Waals surface area contributed by atoms with Crippen LogP contribution in [-0.2, 0) is 25.4 Å². The average molecular weight is 447 g/mol. The molecule has 0 radical (unpaired) electrons. The highest BCUT2D eigenvalue weighted by Crippen LogP contribution is 2.34. The number of para-hydroxylation sites is 1. The zero-order chi connectivity index (χ0) is 22.4. The van der Waals surface area contributed by atoms with Crippen molar-refractivity contribution in [3.63, 3.8) is 0 Å². The minimum Gasteiger partial charge on any atom is -0.462 e. The molecule has 0 unspecified atom stereocenters. The SMILES string of the molecule is CCOC(=O)c1c(NC(=O)CN2CCc3ccccc32)sc(C(=O)OCCOC)c1C. The number of hydrogen-bond acceptors (Lipinski definition) is 8. The lowest BCUT2D eigenvalue weighted by Gasteiger charge is -2.18. The number of nitrogens with one attached hydrogen (secondary N) is 1. The summed E-state index contributed by atoms with van der Waals surface area (Å²) in [5.74, 6) is -1.43. The van der Waals surface area contributed by atoms with Gasteiger partial charge < -0.3 is 24.4 Å². The highest BCUT2D eigenvalue weighted by atomic mass is 32.1. The van der Waals surface area contributed by atoms with Crippen molar-refractivity contribution in [3.8, 4) is 0 Å². The van der Waals surface area contributed by atoms with Crippen molar-refractivity contribution in [2.45, 2.75) is 20.3 Å². The van der Waals surface area contributed by atoms with E-state index in [0.29, 0.717) is 5.56 Å². The van der Waals surface area contributed by atoms with Crippen molar-refractivity contribution in [1.29, 1.82) is 0 Å². The smallest absolute Gasteiger partial charge is 0.348 e. The van der Waals surface area contributed by atoms with E-state index in [0.717, 1.165) is 30.0 Å². The molecule has 3 rings (SSSR count). The number of anilines is 2. The first-order valence-corrected chi connectivity index (χ1v) is 10.9. The molecule has 0 saturated heterocycles. The molecule has 0 spiro atoms. The molecule has 0 atom stereocenters. The summed E-state index contributed by atoms with van der Waals surface area (Å²) in [4.78, 5) is 40.0. The topological polar surface area (TPSA) is 94.2 Å². The van der Waals surface area contributed by atoms with Crippen LogP contribution in [0.4, 0.5) is 10.7 Å². The first-order valence-electron chi connectivity index (χ1n) is 10.1. The van der Waals surface area contributed by atoms with Gasteiger partial charge in [0.15, 0.2) is 0 Å². The Morgan fingerprint density at radius 3 is 2.65 bits per heavy atom. The van der Waals surface area contributed by atoms with Crippen molar-refractivity contribution in [3.05, 3.63) is 45.8 Å². The lowest BCUT2D eigenvalue weighted by molar-refractivity contribution is -0.114. The predicted octanol–water partition coefficient (Wildman–Crippen LogP) is 3.04. The molecule has 1 aromatic heterocycles. The van der Waals surface area contributed by atoms with Gasteiger partial charge in [-0.15, -0.1) is 11.3 Å². The molecule has 0 bridgehead atoms. The fourth-order valence-electron chi connectivity index (χ4n) is 3.44. The number of hydrogen-bond donors (Lipinski definition) is 1.